The highest BCUT2D eigenvalue weighted by atomic mass is 35.5. The lowest BCUT2D eigenvalue weighted by Crippen LogP contribution is -2.16. The summed E-state index contributed by atoms with van der Waals surface area (Å²) in [6.07, 6.45) is 3.20. The number of hydrogen-bond donors (Lipinski definition) is 1. The fourth-order valence-electron chi connectivity index (χ4n) is 0.481. The molecular formula is C5H7ClN2O. The van der Waals surface area contributed by atoms with Crippen LogP contribution in [-0.2, 0) is 0 Å². The van der Waals surface area contributed by atoms with E-state index in [4.69, 9.17) is 5.73 Å². The van der Waals surface area contributed by atoms with E-state index >= 15 is 0 Å². The lowest BCUT2D eigenvalue weighted by molar-refractivity contribution is 0.250. The number of carbonyl (C=O) groups is 1. The van der Waals surface area contributed by atoms with E-state index in [1.807, 2.05) is 0 Å². The number of rotatable bonds is 0. The molecule has 1 rings (SSSR count). The summed E-state index contributed by atoms with van der Waals surface area (Å²) < 4.78 is 1.31. The van der Waals surface area contributed by atoms with Gasteiger partial charge in [0.2, 0.25) is 0 Å². The minimum Gasteiger partial charge on any atom is -0.351 e. The molecule has 0 aromatic carbocycles. The Morgan fingerprint density at radius 2 is 1.78 bits per heavy atom. The molecule has 9 heavy (non-hydrogen) atoms. The highest BCUT2D eigenvalue weighted by Crippen LogP contribution is 1.85. The quantitative estimate of drug-likeness (QED) is 0.579. The van der Waals surface area contributed by atoms with Crippen LogP contribution in [0.5, 0.6) is 0 Å². The van der Waals surface area contributed by atoms with E-state index in [0.29, 0.717) is 0 Å². The van der Waals surface area contributed by atoms with Crippen molar-refractivity contribution in [2.75, 3.05) is 0 Å². The molecule has 2 N–H and O–H groups in total. The van der Waals surface area contributed by atoms with Crippen molar-refractivity contribution >= 4 is 18.4 Å². The van der Waals surface area contributed by atoms with E-state index in [1.165, 1.54) is 4.57 Å². The van der Waals surface area contributed by atoms with Crippen molar-refractivity contribution in [1.29, 1.82) is 0 Å². The van der Waals surface area contributed by atoms with E-state index in [0.717, 1.165) is 0 Å². The van der Waals surface area contributed by atoms with Gasteiger partial charge in [0.15, 0.2) is 0 Å². The molecule has 1 aromatic rings. The van der Waals surface area contributed by atoms with Crippen molar-refractivity contribution in [3.8, 4) is 0 Å². The second kappa shape index (κ2) is 3.14. The fraction of sp³-hybridized carbons (Fsp3) is 0. The van der Waals surface area contributed by atoms with Crippen LogP contribution in [0.25, 0.3) is 0 Å². The third kappa shape index (κ3) is 1.77. The summed E-state index contributed by atoms with van der Waals surface area (Å²) in [6, 6.07) is 3.03. The average molecular weight is 147 g/mol. The predicted molar refractivity (Wildman–Crippen MR) is 36.7 cm³/mol. The normalized spacial score (nSPS) is 8.00. The van der Waals surface area contributed by atoms with Gasteiger partial charge < -0.3 is 5.73 Å². The Bertz CT molecular complexity index is 183. The zero-order chi connectivity index (χ0) is 5.98. The van der Waals surface area contributed by atoms with Gasteiger partial charge >= 0.3 is 6.03 Å². The van der Waals surface area contributed by atoms with Crippen LogP contribution in [0.1, 0.15) is 0 Å². The Labute approximate surface area is 58.9 Å². The second-order valence-electron chi connectivity index (χ2n) is 1.43. The molecule has 0 bridgehead atoms. The van der Waals surface area contributed by atoms with E-state index in [2.05, 4.69) is 0 Å². The molecule has 0 fully saturated rings. The Morgan fingerprint density at radius 3 is 2.00 bits per heavy atom. The molecule has 3 nitrogen and oxygen atoms in total. The number of aromatic nitrogens is 1. The van der Waals surface area contributed by atoms with Crippen molar-refractivity contribution in [1.82, 2.24) is 4.57 Å². The van der Waals surface area contributed by atoms with Gasteiger partial charge in [-0.3, -0.25) is 4.57 Å². The Balaban J connectivity index is 0.000000640. The SMILES string of the molecule is Cl.NC(=O)n1cccc1. The number of nitrogens with two attached hydrogens (primary N) is 1. The zero-order valence-electron chi connectivity index (χ0n) is 4.65. The van der Waals surface area contributed by atoms with E-state index < -0.39 is 6.03 Å². The number of primary amides is 1. The molecule has 1 heterocycles. The topological polar surface area (TPSA) is 48.0 Å². The molecule has 0 aliphatic carbocycles. The van der Waals surface area contributed by atoms with Gasteiger partial charge in [-0.2, -0.15) is 0 Å². The van der Waals surface area contributed by atoms with Gasteiger partial charge in [0, 0.05) is 12.4 Å². The minimum absolute atomic E-state index is 0. The summed E-state index contributed by atoms with van der Waals surface area (Å²) in [5.74, 6) is 0. The Hall–Kier alpha value is -0.960. The lowest BCUT2D eigenvalue weighted by atomic mass is 10.7. The van der Waals surface area contributed by atoms with Gasteiger partial charge in [0.1, 0.15) is 0 Å². The van der Waals surface area contributed by atoms with Gasteiger partial charge in [-0.05, 0) is 12.1 Å². The summed E-state index contributed by atoms with van der Waals surface area (Å²) >= 11 is 0. The molecule has 1 amide bonds. The summed E-state index contributed by atoms with van der Waals surface area (Å²) in [4.78, 5) is 10.2. The van der Waals surface area contributed by atoms with Crippen molar-refractivity contribution in [3.63, 3.8) is 0 Å². The van der Waals surface area contributed by atoms with Crippen molar-refractivity contribution < 1.29 is 4.79 Å². The molecule has 0 aliphatic rings. The number of carbonyl (C=O) groups excluding carboxylic acids is 1. The number of halogens is 1. The van der Waals surface area contributed by atoms with Crippen LogP contribution in [0.15, 0.2) is 24.5 Å². The molecule has 0 aliphatic heterocycles. The summed E-state index contributed by atoms with van der Waals surface area (Å²) in [5, 5.41) is 0. The predicted octanol–water partition coefficient (Wildman–Crippen LogP) is 0.837. The Morgan fingerprint density at radius 1 is 1.33 bits per heavy atom. The summed E-state index contributed by atoms with van der Waals surface area (Å²) in [6.45, 7) is 0. The maximum atomic E-state index is 10.2. The molecule has 0 atom stereocenters. The van der Waals surface area contributed by atoms with Crippen LogP contribution in [0, 0.1) is 0 Å². The van der Waals surface area contributed by atoms with Crippen LogP contribution in [-0.4, -0.2) is 10.6 Å². The lowest BCUT2D eigenvalue weighted by Gasteiger charge is -1.88. The van der Waals surface area contributed by atoms with E-state index in [9.17, 15) is 4.79 Å². The van der Waals surface area contributed by atoms with Gasteiger partial charge in [0.25, 0.3) is 0 Å². The average Bonchev–Trinajstić information content (AvgIpc) is 2.12. The van der Waals surface area contributed by atoms with Crippen molar-refractivity contribution in [3.05, 3.63) is 24.5 Å². The third-order valence-electron chi connectivity index (χ3n) is 0.859. The smallest absolute Gasteiger partial charge is 0.322 e. The molecular weight excluding hydrogens is 140 g/mol. The van der Waals surface area contributed by atoms with Crippen molar-refractivity contribution in [2.24, 2.45) is 5.73 Å². The maximum Gasteiger partial charge on any atom is 0.322 e. The minimum atomic E-state index is -0.449. The maximum absolute atomic E-state index is 10.2. The Kier molecular flexibility index (Phi) is 2.81. The standard InChI is InChI=1S/C5H6N2O.ClH/c6-5(8)7-3-1-2-4-7;/h1-4H,(H2,6,8);1H. The van der Waals surface area contributed by atoms with Crippen LogP contribution < -0.4 is 5.73 Å². The number of hydrogen-bond acceptors (Lipinski definition) is 1. The van der Waals surface area contributed by atoms with Gasteiger partial charge in [-0.25, -0.2) is 4.79 Å². The fourth-order valence-corrected chi connectivity index (χ4v) is 0.481. The number of nitrogens with zero attached hydrogens (tertiary/aromatic N) is 1. The van der Waals surface area contributed by atoms with Crippen LogP contribution in [0.3, 0.4) is 0 Å². The molecule has 50 valence electrons. The highest BCUT2D eigenvalue weighted by molar-refractivity contribution is 5.85. The summed E-state index contributed by atoms with van der Waals surface area (Å²) in [5.41, 5.74) is 4.88. The van der Waals surface area contributed by atoms with E-state index in [-0.39, 0.29) is 12.4 Å². The molecule has 0 spiro atoms. The third-order valence-corrected chi connectivity index (χ3v) is 0.859. The van der Waals surface area contributed by atoms with Gasteiger partial charge in [-0.1, -0.05) is 0 Å². The molecule has 4 heteroatoms. The number of amides is 1. The molecule has 0 radical (unpaired) electrons. The van der Waals surface area contributed by atoms with Gasteiger partial charge in [0.05, 0.1) is 0 Å². The van der Waals surface area contributed by atoms with Crippen LogP contribution in [0.4, 0.5) is 4.79 Å². The zero-order valence-corrected chi connectivity index (χ0v) is 5.47. The molecule has 0 saturated heterocycles. The van der Waals surface area contributed by atoms with E-state index in [1.54, 1.807) is 24.5 Å². The highest BCUT2D eigenvalue weighted by Gasteiger charge is 1.89. The first-order valence-electron chi connectivity index (χ1n) is 2.23. The largest absolute Gasteiger partial charge is 0.351 e. The van der Waals surface area contributed by atoms with Crippen molar-refractivity contribution in [2.45, 2.75) is 0 Å². The molecule has 0 saturated carbocycles. The first-order chi connectivity index (χ1) is 3.80. The monoisotopic (exact) mass is 146 g/mol. The van der Waals surface area contributed by atoms with Crippen LogP contribution >= 0.6 is 12.4 Å². The molecule has 1 aromatic heterocycles. The summed E-state index contributed by atoms with van der Waals surface area (Å²) in [7, 11) is 0. The van der Waals surface area contributed by atoms with Gasteiger partial charge in [-0.15, -0.1) is 12.4 Å². The first-order valence-corrected chi connectivity index (χ1v) is 2.23. The van der Waals surface area contributed by atoms with Crippen LogP contribution in [0.2, 0.25) is 0 Å². The first kappa shape index (κ1) is 8.04. The molecule has 0 unspecified atom stereocenters. The second-order valence-corrected chi connectivity index (χ2v) is 1.43.